The van der Waals surface area contributed by atoms with Gasteiger partial charge in [0.1, 0.15) is 34.6 Å². The second-order valence-electron chi connectivity index (χ2n) is 16.0. The molecule has 10 nitrogen and oxygen atoms in total. The van der Waals surface area contributed by atoms with Gasteiger partial charge in [-0.15, -0.1) is 0 Å². The zero-order chi connectivity index (χ0) is 50.2. The van der Waals surface area contributed by atoms with Crippen LogP contribution in [0.4, 0.5) is 0 Å². The monoisotopic (exact) mass is 1050 g/mol. The molecule has 10 rings (SSSR count). The number of halogens is 3. The summed E-state index contributed by atoms with van der Waals surface area (Å²) < 4.78 is 21.5. The van der Waals surface area contributed by atoms with Crippen LogP contribution < -0.4 is 18.9 Å². The van der Waals surface area contributed by atoms with Gasteiger partial charge in [0.15, 0.2) is 0 Å². The number of nitrogens with zero attached hydrogens (tertiary/aromatic N) is 4. The zero-order valence-corrected chi connectivity index (χ0v) is 43.6. The number of rotatable bonds is 14. The van der Waals surface area contributed by atoms with Crippen LogP contribution in [0, 0.1) is 0 Å². The maximum absolute atomic E-state index is 5.49. The number of hydrogen-bond acceptors (Lipinski definition) is 8. The summed E-state index contributed by atoms with van der Waals surface area (Å²) in [7, 11) is 21.4. The number of H-pyrrole nitrogens is 2. The minimum atomic E-state index is -1.77. The molecular formula is C58H50Cl3N6O4V. The molecule has 2 N–H and O–H groups in total. The van der Waals surface area contributed by atoms with Gasteiger partial charge >= 0.3 is 41.8 Å². The van der Waals surface area contributed by atoms with Gasteiger partial charge in [0, 0.05) is 45.5 Å². The van der Waals surface area contributed by atoms with E-state index in [0.29, 0.717) is 24.7 Å². The van der Waals surface area contributed by atoms with E-state index in [1.165, 1.54) is 0 Å². The Balaban J connectivity index is 0.000000179. The standard InChI is InChI=1S/2C29H25N3O2.3ClH.V/c2*1-33-23-14-13-22(26(17-23)34-2)18-30-19-27-31-28-24(20-9-5-3-6-10-20)15-16-25(29(28)32-27)21-11-7-4-8-12-21;;;;/h2*3-17,19H,18H2,1-2H3,(H,31,32);3*1H;/q;;;;;+3/p-3. The van der Waals surface area contributed by atoms with Crippen LogP contribution in [0.5, 0.6) is 23.0 Å². The van der Waals surface area contributed by atoms with E-state index in [9.17, 15) is 0 Å². The molecule has 362 valence electrons. The van der Waals surface area contributed by atoms with Crippen molar-refractivity contribution in [1.29, 1.82) is 0 Å². The number of imidazole rings is 2. The Labute approximate surface area is 436 Å². The van der Waals surface area contributed by atoms with Crippen molar-refractivity contribution in [2.45, 2.75) is 13.1 Å². The van der Waals surface area contributed by atoms with Crippen molar-refractivity contribution in [3.63, 3.8) is 0 Å². The van der Waals surface area contributed by atoms with Crippen molar-refractivity contribution >= 4 is 64.0 Å². The topological polar surface area (TPSA) is 119 Å². The Bertz CT molecular complexity index is 3030. The molecule has 2 aromatic heterocycles. The van der Waals surface area contributed by atoms with Gasteiger partial charge in [0.2, 0.25) is 0 Å². The van der Waals surface area contributed by atoms with Gasteiger partial charge < -0.3 is 28.9 Å². The molecule has 0 aliphatic heterocycles. The van der Waals surface area contributed by atoms with Crippen LogP contribution in [-0.4, -0.2) is 60.8 Å². The third kappa shape index (κ3) is 12.8. The number of aliphatic imine (C=N–C) groups is 2. The molecule has 0 amide bonds. The van der Waals surface area contributed by atoms with E-state index < -0.39 is 12.3 Å². The van der Waals surface area contributed by atoms with Crippen LogP contribution >= 0.6 is 29.5 Å². The number of ether oxygens (including phenoxy) is 4. The first kappa shape index (κ1) is 51.1. The van der Waals surface area contributed by atoms with Gasteiger partial charge in [-0.3, -0.25) is 9.98 Å². The van der Waals surface area contributed by atoms with Crippen molar-refractivity contribution in [1.82, 2.24) is 19.9 Å². The number of aromatic amines is 2. The van der Waals surface area contributed by atoms with E-state index in [1.807, 2.05) is 109 Å². The molecule has 8 aromatic carbocycles. The normalized spacial score (nSPS) is 11.1. The summed E-state index contributed by atoms with van der Waals surface area (Å²) in [4.78, 5) is 26.1. The van der Waals surface area contributed by atoms with Crippen molar-refractivity contribution in [3.05, 3.63) is 205 Å². The van der Waals surface area contributed by atoms with Crippen molar-refractivity contribution in [3.8, 4) is 67.5 Å². The fourth-order valence-electron chi connectivity index (χ4n) is 8.19. The number of methoxy groups -OCH3 is 4. The van der Waals surface area contributed by atoms with Crippen molar-refractivity contribution in [2.24, 2.45) is 9.98 Å². The minimum absolute atomic E-state index is 0.474. The molecule has 10 aromatic rings. The van der Waals surface area contributed by atoms with Gasteiger partial charge in [-0.1, -0.05) is 146 Å². The van der Waals surface area contributed by atoms with E-state index >= 15 is 0 Å². The molecular weight excluding hydrogens is 1000 g/mol. The van der Waals surface area contributed by atoms with Gasteiger partial charge in [0.05, 0.1) is 76.0 Å². The molecule has 0 aliphatic carbocycles. The molecule has 2 heterocycles. The van der Waals surface area contributed by atoms with E-state index in [0.717, 1.165) is 101 Å². The van der Waals surface area contributed by atoms with Crippen molar-refractivity contribution < 1.29 is 31.2 Å². The van der Waals surface area contributed by atoms with Crippen LogP contribution in [-0.2, 0) is 25.4 Å². The van der Waals surface area contributed by atoms with Gasteiger partial charge in [-0.05, 0) is 46.5 Å². The molecule has 0 spiro atoms. The van der Waals surface area contributed by atoms with Gasteiger partial charge in [-0.2, -0.15) is 0 Å². The number of fused-ring (bicyclic) bond motifs is 2. The molecule has 0 fully saturated rings. The summed E-state index contributed by atoms with van der Waals surface area (Å²) in [5.41, 5.74) is 14.7. The van der Waals surface area contributed by atoms with Gasteiger partial charge in [0.25, 0.3) is 0 Å². The fraction of sp³-hybridized carbons (Fsp3) is 0.103. The van der Waals surface area contributed by atoms with Crippen LogP contribution in [0.3, 0.4) is 0 Å². The number of nitrogens with one attached hydrogen (secondary N) is 2. The summed E-state index contributed by atoms with van der Waals surface area (Å²) >= 11 is -1.77. The first-order valence-corrected chi connectivity index (χ1v) is 28.5. The second-order valence-corrected chi connectivity index (χ2v) is 22.9. The first-order valence-electron chi connectivity index (χ1n) is 22.7. The van der Waals surface area contributed by atoms with Crippen LogP contribution in [0.25, 0.3) is 66.6 Å². The molecule has 0 bridgehead atoms. The molecule has 72 heavy (non-hydrogen) atoms. The SMILES string of the molecule is COc1ccc(CN=Cc2nc3c(-c4ccccc4)ccc(-c4ccccc4)c3[nH]2)c(OC)c1.COc1ccc(CN=Cc2nc3c(-c4ccccc4)ccc(-c4ccccc4)c3[nH]2)c(OC)c1.[Cl][V]([Cl])[Cl]. The Morgan fingerprint density at radius 3 is 1.07 bits per heavy atom. The molecule has 0 radical (unpaired) electrons. The first-order chi connectivity index (χ1) is 35.3. The Morgan fingerprint density at radius 2 is 0.750 bits per heavy atom. The number of aromatic nitrogens is 4. The summed E-state index contributed by atoms with van der Waals surface area (Å²) in [5.74, 6) is 4.43. The van der Waals surface area contributed by atoms with Crippen LogP contribution in [0.15, 0.2) is 192 Å². The van der Waals surface area contributed by atoms with E-state index in [-0.39, 0.29) is 0 Å². The average Bonchev–Trinajstić information content (AvgIpc) is 4.06. The molecule has 0 aliphatic rings. The summed E-state index contributed by atoms with van der Waals surface area (Å²) in [6, 6.07) is 61.4. The van der Waals surface area contributed by atoms with Crippen molar-refractivity contribution in [2.75, 3.05) is 28.4 Å². The zero-order valence-electron chi connectivity index (χ0n) is 39.9. The summed E-state index contributed by atoms with van der Waals surface area (Å²) in [5, 5.41) is 0. The predicted octanol–water partition coefficient (Wildman–Crippen LogP) is 15.1. The Kier molecular flexibility index (Phi) is 17.9. The van der Waals surface area contributed by atoms with Crippen LogP contribution in [0.2, 0.25) is 0 Å². The molecule has 0 unspecified atom stereocenters. The molecule has 14 heteroatoms. The third-order valence-corrected chi connectivity index (χ3v) is 11.6. The predicted molar refractivity (Wildman–Crippen MR) is 293 cm³/mol. The molecule has 0 saturated heterocycles. The summed E-state index contributed by atoms with van der Waals surface area (Å²) in [6.45, 7) is 0.947. The van der Waals surface area contributed by atoms with E-state index in [4.69, 9.17) is 58.5 Å². The third-order valence-electron chi connectivity index (χ3n) is 11.6. The fourth-order valence-corrected chi connectivity index (χ4v) is 8.19. The number of benzene rings is 8. The summed E-state index contributed by atoms with van der Waals surface area (Å²) in [6.07, 6.45) is 3.57. The Hall–Kier alpha value is -7.31. The Morgan fingerprint density at radius 1 is 0.431 bits per heavy atom. The average molecular weight is 1050 g/mol. The second kappa shape index (κ2) is 25.2. The van der Waals surface area contributed by atoms with Crippen LogP contribution in [0.1, 0.15) is 22.8 Å². The molecule has 0 saturated carbocycles. The number of hydrogen-bond donors (Lipinski definition) is 2. The maximum atomic E-state index is 5.49. The van der Waals surface area contributed by atoms with Gasteiger partial charge in [-0.25, -0.2) is 9.97 Å². The van der Waals surface area contributed by atoms with E-state index in [2.05, 4.69) is 92.7 Å². The van der Waals surface area contributed by atoms with E-state index in [1.54, 1.807) is 40.9 Å². The quantitative estimate of drug-likeness (QED) is 0.105. The molecule has 0 atom stereocenters.